The van der Waals surface area contributed by atoms with Gasteiger partial charge in [-0.15, -0.1) is 0 Å². The fourth-order valence-electron chi connectivity index (χ4n) is 2.54. The minimum atomic E-state index is -2.42. The molecule has 0 aliphatic rings. The molecule has 0 aliphatic heterocycles. The lowest BCUT2D eigenvalue weighted by Crippen LogP contribution is -2.25. The average molecular weight is 400 g/mol. The number of nitrogens with zero attached hydrogens (tertiary/aromatic N) is 6. The Morgan fingerprint density at radius 1 is 1.34 bits per heavy atom. The van der Waals surface area contributed by atoms with E-state index in [9.17, 15) is 13.7 Å². The number of pyridine rings is 1. The summed E-state index contributed by atoms with van der Waals surface area (Å²) in [5.74, 6) is 6.19. The van der Waals surface area contributed by atoms with Gasteiger partial charge in [-0.25, -0.2) is 13.8 Å². The van der Waals surface area contributed by atoms with Crippen LogP contribution in [0.3, 0.4) is 0 Å². The number of rotatable bonds is 8. The van der Waals surface area contributed by atoms with Gasteiger partial charge in [-0.05, 0) is 22.8 Å². The molecule has 8 nitrogen and oxygen atoms in total. The summed E-state index contributed by atoms with van der Waals surface area (Å²) in [7, 11) is 1.72. The molecule has 0 saturated heterocycles. The van der Waals surface area contributed by atoms with Crippen LogP contribution in [-0.4, -0.2) is 48.7 Å². The predicted octanol–water partition coefficient (Wildman–Crippen LogP) is 1.88. The van der Waals surface area contributed by atoms with Crippen molar-refractivity contribution in [3.05, 3.63) is 65.0 Å². The van der Waals surface area contributed by atoms with Crippen molar-refractivity contribution in [1.82, 2.24) is 29.6 Å². The van der Waals surface area contributed by atoms with Crippen LogP contribution in [-0.2, 0) is 20.0 Å². The van der Waals surface area contributed by atoms with E-state index >= 15 is 0 Å². The Balaban J connectivity index is 1.49. The molecular weight excluding hydrogens is 380 g/mol. The molecule has 0 atom stereocenters. The molecule has 0 amide bonds. The van der Waals surface area contributed by atoms with E-state index in [-0.39, 0.29) is 19.0 Å². The van der Waals surface area contributed by atoms with Gasteiger partial charge in [-0.3, -0.25) is 10.3 Å². The number of halogens is 2. The number of nitrogens with one attached hydrogen (secondary N) is 1. The van der Waals surface area contributed by atoms with Gasteiger partial charge in [-0.1, -0.05) is 10.8 Å². The summed E-state index contributed by atoms with van der Waals surface area (Å²) in [6.07, 6.45) is 4.39. The highest BCUT2D eigenvalue weighted by molar-refractivity contribution is 5.41. The molecule has 0 aromatic carbocycles. The zero-order valence-corrected chi connectivity index (χ0v) is 15.8. The van der Waals surface area contributed by atoms with Crippen LogP contribution >= 0.6 is 0 Å². The molecule has 0 aliphatic carbocycles. The number of aryl methyl sites for hydroxylation is 1. The van der Waals surface area contributed by atoms with Crippen LogP contribution < -0.4 is 5.32 Å². The van der Waals surface area contributed by atoms with Crippen molar-refractivity contribution < 1.29 is 13.5 Å². The van der Waals surface area contributed by atoms with E-state index in [1.807, 2.05) is 6.07 Å². The summed E-state index contributed by atoms with van der Waals surface area (Å²) < 4.78 is 28.3. The van der Waals surface area contributed by atoms with Crippen molar-refractivity contribution in [2.75, 3.05) is 13.2 Å². The summed E-state index contributed by atoms with van der Waals surface area (Å²) >= 11 is 0. The molecular formula is C19H20F2N7O+. The lowest BCUT2D eigenvalue weighted by Gasteiger charge is -2.00. The second kappa shape index (κ2) is 9.66. The van der Waals surface area contributed by atoms with E-state index in [4.69, 9.17) is 0 Å². The topological polar surface area (TPSA) is 80.6 Å². The summed E-state index contributed by atoms with van der Waals surface area (Å²) in [6, 6.07) is 5.26. The minimum Gasteiger partial charge on any atom is -0.331 e. The Morgan fingerprint density at radius 2 is 2.21 bits per heavy atom. The lowest BCUT2D eigenvalue weighted by molar-refractivity contribution is -0.472. The molecule has 1 N–H and O–H groups in total. The highest BCUT2D eigenvalue weighted by Gasteiger charge is 2.19. The first-order valence-corrected chi connectivity index (χ1v) is 8.91. The van der Waals surface area contributed by atoms with Gasteiger partial charge in [0, 0.05) is 37.1 Å². The van der Waals surface area contributed by atoms with Gasteiger partial charge in [0.2, 0.25) is 0 Å². The minimum absolute atomic E-state index is 0.0320. The molecule has 0 unspecified atom stereocenters. The van der Waals surface area contributed by atoms with Gasteiger partial charge in [0.15, 0.2) is 6.67 Å². The SMILES string of the molecule is Cn1nc([N+](=O)CNCCc2cn(CC(F)F)cn2)cc1C#Cc1cccnc1. The third-order valence-electron chi connectivity index (χ3n) is 3.97. The molecule has 10 heteroatoms. The monoisotopic (exact) mass is 400 g/mol. The molecule has 29 heavy (non-hydrogen) atoms. The van der Waals surface area contributed by atoms with Crippen LogP contribution in [0.2, 0.25) is 0 Å². The Bertz CT molecular complexity index is 1020. The lowest BCUT2D eigenvalue weighted by atomic mass is 10.3. The molecule has 0 radical (unpaired) electrons. The highest BCUT2D eigenvalue weighted by Crippen LogP contribution is 2.10. The van der Waals surface area contributed by atoms with Gasteiger partial charge in [0.1, 0.15) is 5.69 Å². The smallest absolute Gasteiger partial charge is 0.331 e. The van der Waals surface area contributed by atoms with E-state index < -0.39 is 6.43 Å². The normalized spacial score (nSPS) is 10.8. The first-order valence-electron chi connectivity index (χ1n) is 8.91. The Kier molecular flexibility index (Phi) is 6.76. The maximum Gasteiger partial charge on any atom is 0.390 e. The summed E-state index contributed by atoms with van der Waals surface area (Å²) in [5.41, 5.74) is 2.06. The summed E-state index contributed by atoms with van der Waals surface area (Å²) in [6.45, 7) is 0.135. The molecule has 3 rings (SSSR count). The van der Waals surface area contributed by atoms with Crippen molar-refractivity contribution in [1.29, 1.82) is 0 Å². The number of nitroso groups, excluding NO2 is 1. The summed E-state index contributed by atoms with van der Waals surface area (Å²) in [4.78, 5) is 20.3. The second-order valence-corrected chi connectivity index (χ2v) is 6.24. The van der Waals surface area contributed by atoms with Crippen LogP contribution in [0.25, 0.3) is 0 Å². The number of alkyl halides is 2. The Morgan fingerprint density at radius 3 is 2.97 bits per heavy atom. The maximum absolute atomic E-state index is 12.3. The molecule has 3 heterocycles. The van der Waals surface area contributed by atoms with Gasteiger partial charge in [-0.2, -0.15) is 4.68 Å². The van der Waals surface area contributed by atoms with Crippen LogP contribution in [0.4, 0.5) is 14.6 Å². The molecule has 150 valence electrons. The first-order chi connectivity index (χ1) is 14.0. The van der Waals surface area contributed by atoms with Gasteiger partial charge >= 0.3 is 5.82 Å². The zero-order chi connectivity index (χ0) is 20.6. The van der Waals surface area contributed by atoms with Crippen molar-refractivity contribution >= 4 is 5.82 Å². The van der Waals surface area contributed by atoms with Crippen LogP contribution in [0.1, 0.15) is 17.0 Å². The van der Waals surface area contributed by atoms with Crippen molar-refractivity contribution in [2.24, 2.45) is 7.05 Å². The molecule has 3 aromatic rings. The fourth-order valence-corrected chi connectivity index (χ4v) is 2.54. The fraction of sp³-hybridized carbons (Fsp3) is 0.316. The summed E-state index contributed by atoms with van der Waals surface area (Å²) in [5, 5.41) is 7.17. The number of hydrogen-bond acceptors (Lipinski definition) is 5. The average Bonchev–Trinajstić information content (AvgIpc) is 3.30. The zero-order valence-electron chi connectivity index (χ0n) is 15.8. The van der Waals surface area contributed by atoms with Crippen molar-refractivity contribution in [3.8, 4) is 11.8 Å². The maximum atomic E-state index is 12.3. The van der Waals surface area contributed by atoms with Crippen LogP contribution in [0, 0.1) is 16.7 Å². The molecule has 0 fully saturated rings. The number of hydrogen-bond donors (Lipinski definition) is 1. The second-order valence-electron chi connectivity index (χ2n) is 6.24. The van der Waals surface area contributed by atoms with E-state index in [2.05, 4.69) is 32.2 Å². The van der Waals surface area contributed by atoms with E-state index in [0.29, 0.717) is 24.4 Å². The standard InChI is InChI=1S/C19H20F2N7O/c1-26-17(5-4-15-3-2-7-22-10-15)9-19(25-26)28(29)13-23-8-6-16-11-27(14-24-16)12-18(20)21/h2-3,7,9-11,14,18,23H,6,8,12-13H2,1H3/q+1. The molecule has 0 bridgehead atoms. The van der Waals surface area contributed by atoms with E-state index in [0.717, 1.165) is 10.3 Å². The largest absolute Gasteiger partial charge is 0.390 e. The van der Waals surface area contributed by atoms with Gasteiger partial charge < -0.3 is 4.57 Å². The third kappa shape index (κ3) is 6.02. The molecule has 0 saturated carbocycles. The van der Waals surface area contributed by atoms with Crippen molar-refractivity contribution in [3.63, 3.8) is 0 Å². The highest BCUT2D eigenvalue weighted by atomic mass is 19.3. The van der Waals surface area contributed by atoms with Crippen molar-refractivity contribution in [2.45, 2.75) is 19.4 Å². The van der Waals surface area contributed by atoms with Gasteiger partial charge in [0.05, 0.1) is 36.8 Å². The Hall–Kier alpha value is -3.45. The van der Waals surface area contributed by atoms with Gasteiger partial charge in [0.25, 0.3) is 6.43 Å². The van der Waals surface area contributed by atoms with E-state index in [1.54, 1.807) is 42.5 Å². The molecule has 3 aromatic heterocycles. The quantitative estimate of drug-likeness (QED) is 0.270. The molecule has 0 spiro atoms. The van der Waals surface area contributed by atoms with E-state index in [1.165, 1.54) is 10.9 Å². The number of imidazole rings is 1. The first kappa shape index (κ1) is 20.3. The Labute approximate surface area is 166 Å². The predicted molar refractivity (Wildman–Crippen MR) is 102 cm³/mol. The van der Waals surface area contributed by atoms with Crippen LogP contribution in [0.15, 0.2) is 43.1 Å². The number of aromatic nitrogens is 5. The third-order valence-corrected chi connectivity index (χ3v) is 3.97. The van der Waals surface area contributed by atoms with Crippen LogP contribution in [0.5, 0.6) is 0 Å².